The number of rotatable bonds is 6. The van der Waals surface area contributed by atoms with Crippen LogP contribution in [0.2, 0.25) is 0 Å². The number of ether oxygens (including phenoxy) is 1. The molecular weight excluding hydrogens is 351 g/mol. The van der Waals surface area contributed by atoms with Gasteiger partial charge in [-0.3, -0.25) is 9.59 Å². The number of carbonyl (C=O) groups excluding carboxylic acids is 2. The van der Waals surface area contributed by atoms with Crippen LogP contribution in [0.15, 0.2) is 42.6 Å². The first-order chi connectivity index (χ1) is 13.1. The molecule has 0 radical (unpaired) electrons. The fraction of sp³-hybridized carbons (Fsp3) is 0.316. The summed E-state index contributed by atoms with van der Waals surface area (Å²) in [7, 11) is 0. The van der Waals surface area contributed by atoms with Gasteiger partial charge in [-0.15, -0.1) is 0 Å². The normalized spacial score (nSPS) is 13.9. The maximum Gasteiger partial charge on any atom is 0.251 e. The van der Waals surface area contributed by atoms with Crippen LogP contribution in [0.4, 0.5) is 10.2 Å². The SMILES string of the molecule is O=C(CNC(=O)c1ccc(F)cc1)NCc1ccc(N2CCOCC2)nc1. The highest BCUT2D eigenvalue weighted by atomic mass is 19.1. The van der Waals surface area contributed by atoms with E-state index >= 15 is 0 Å². The molecule has 2 heterocycles. The smallest absolute Gasteiger partial charge is 0.251 e. The Morgan fingerprint density at radius 1 is 1.07 bits per heavy atom. The van der Waals surface area contributed by atoms with Gasteiger partial charge in [-0.2, -0.15) is 0 Å². The molecule has 1 saturated heterocycles. The molecule has 142 valence electrons. The number of hydrogen-bond acceptors (Lipinski definition) is 5. The molecule has 1 aliphatic heterocycles. The van der Waals surface area contributed by atoms with Crippen molar-refractivity contribution in [3.63, 3.8) is 0 Å². The van der Waals surface area contributed by atoms with Gasteiger partial charge < -0.3 is 20.3 Å². The van der Waals surface area contributed by atoms with Gasteiger partial charge in [-0.25, -0.2) is 9.37 Å². The summed E-state index contributed by atoms with van der Waals surface area (Å²) >= 11 is 0. The number of nitrogens with one attached hydrogen (secondary N) is 2. The first-order valence-electron chi connectivity index (χ1n) is 8.70. The summed E-state index contributed by atoms with van der Waals surface area (Å²) in [4.78, 5) is 30.3. The number of amides is 2. The molecule has 0 aliphatic carbocycles. The fourth-order valence-electron chi connectivity index (χ4n) is 2.63. The molecule has 2 amide bonds. The second kappa shape index (κ2) is 9.09. The van der Waals surface area contributed by atoms with Gasteiger partial charge in [0.25, 0.3) is 5.91 Å². The third-order valence-corrected chi connectivity index (χ3v) is 4.15. The average Bonchev–Trinajstić information content (AvgIpc) is 2.72. The monoisotopic (exact) mass is 372 g/mol. The Morgan fingerprint density at radius 2 is 1.81 bits per heavy atom. The number of hydrogen-bond donors (Lipinski definition) is 2. The Kier molecular flexibility index (Phi) is 6.32. The van der Waals surface area contributed by atoms with E-state index in [2.05, 4.69) is 20.5 Å². The first kappa shape index (κ1) is 18.8. The summed E-state index contributed by atoms with van der Waals surface area (Å²) in [5.41, 5.74) is 1.16. The van der Waals surface area contributed by atoms with E-state index in [0.717, 1.165) is 24.5 Å². The fourth-order valence-corrected chi connectivity index (χ4v) is 2.63. The lowest BCUT2D eigenvalue weighted by atomic mass is 10.2. The zero-order valence-corrected chi connectivity index (χ0v) is 14.8. The summed E-state index contributed by atoms with van der Waals surface area (Å²) < 4.78 is 18.2. The molecule has 0 unspecified atom stereocenters. The van der Waals surface area contributed by atoms with Crippen molar-refractivity contribution in [1.82, 2.24) is 15.6 Å². The molecule has 2 aromatic rings. The van der Waals surface area contributed by atoms with Gasteiger partial charge >= 0.3 is 0 Å². The van der Waals surface area contributed by atoms with Gasteiger partial charge in [0.05, 0.1) is 19.8 Å². The zero-order chi connectivity index (χ0) is 19.1. The van der Waals surface area contributed by atoms with Gasteiger partial charge in [0, 0.05) is 31.4 Å². The van der Waals surface area contributed by atoms with Gasteiger partial charge in [0.15, 0.2) is 0 Å². The molecule has 0 spiro atoms. The van der Waals surface area contributed by atoms with Crippen molar-refractivity contribution in [2.45, 2.75) is 6.54 Å². The quantitative estimate of drug-likeness (QED) is 0.794. The maximum absolute atomic E-state index is 12.8. The first-order valence-corrected chi connectivity index (χ1v) is 8.70. The van der Waals surface area contributed by atoms with Crippen molar-refractivity contribution in [3.05, 3.63) is 59.5 Å². The van der Waals surface area contributed by atoms with Crippen molar-refractivity contribution in [2.75, 3.05) is 37.7 Å². The summed E-state index contributed by atoms with van der Waals surface area (Å²) in [5, 5.41) is 5.23. The average molecular weight is 372 g/mol. The lowest BCUT2D eigenvalue weighted by molar-refractivity contribution is -0.120. The van der Waals surface area contributed by atoms with Crippen LogP contribution in [0.1, 0.15) is 15.9 Å². The van der Waals surface area contributed by atoms with Crippen molar-refractivity contribution in [2.24, 2.45) is 0 Å². The molecule has 2 N–H and O–H groups in total. The Hall–Kier alpha value is -3.00. The number of nitrogens with zero attached hydrogens (tertiary/aromatic N) is 2. The lowest BCUT2D eigenvalue weighted by Crippen LogP contribution is -2.37. The van der Waals surface area contributed by atoms with Crippen molar-refractivity contribution < 1.29 is 18.7 Å². The maximum atomic E-state index is 12.8. The third-order valence-electron chi connectivity index (χ3n) is 4.15. The van der Waals surface area contributed by atoms with E-state index in [4.69, 9.17) is 4.74 Å². The number of pyridine rings is 1. The van der Waals surface area contributed by atoms with Crippen molar-refractivity contribution in [1.29, 1.82) is 0 Å². The molecule has 1 aromatic heterocycles. The Morgan fingerprint density at radius 3 is 2.48 bits per heavy atom. The van der Waals surface area contributed by atoms with E-state index in [0.29, 0.717) is 25.3 Å². The van der Waals surface area contributed by atoms with Gasteiger partial charge in [-0.1, -0.05) is 6.07 Å². The predicted molar refractivity (Wildman–Crippen MR) is 97.8 cm³/mol. The molecule has 7 nitrogen and oxygen atoms in total. The van der Waals surface area contributed by atoms with Crippen LogP contribution in [0.25, 0.3) is 0 Å². The van der Waals surface area contributed by atoms with E-state index in [1.54, 1.807) is 6.20 Å². The van der Waals surface area contributed by atoms with Crippen LogP contribution in [0.3, 0.4) is 0 Å². The number of anilines is 1. The summed E-state index contributed by atoms with van der Waals surface area (Å²) in [6.07, 6.45) is 1.72. The van der Waals surface area contributed by atoms with Crippen molar-refractivity contribution in [3.8, 4) is 0 Å². The molecular formula is C19H21FN4O3. The van der Waals surface area contributed by atoms with Crippen LogP contribution in [0.5, 0.6) is 0 Å². The number of aromatic nitrogens is 1. The van der Waals surface area contributed by atoms with Crippen molar-refractivity contribution >= 4 is 17.6 Å². The molecule has 0 saturated carbocycles. The molecule has 27 heavy (non-hydrogen) atoms. The van der Waals surface area contributed by atoms with E-state index < -0.39 is 11.7 Å². The number of carbonyl (C=O) groups is 2. The number of morpholine rings is 1. The molecule has 3 rings (SSSR count). The largest absolute Gasteiger partial charge is 0.378 e. The zero-order valence-electron chi connectivity index (χ0n) is 14.8. The van der Waals surface area contributed by atoms with Crippen LogP contribution in [-0.4, -0.2) is 49.6 Å². The Labute approximate surface area is 156 Å². The molecule has 0 bridgehead atoms. The highest BCUT2D eigenvalue weighted by molar-refractivity contribution is 5.96. The van der Waals surface area contributed by atoms with Crippen LogP contribution in [0, 0.1) is 5.82 Å². The minimum Gasteiger partial charge on any atom is -0.378 e. The topological polar surface area (TPSA) is 83.6 Å². The number of benzene rings is 1. The summed E-state index contributed by atoms with van der Waals surface area (Å²) in [6, 6.07) is 8.96. The highest BCUT2D eigenvalue weighted by Gasteiger charge is 2.12. The third kappa shape index (κ3) is 5.49. The molecule has 1 fully saturated rings. The van der Waals surface area contributed by atoms with E-state index in [1.807, 2.05) is 12.1 Å². The molecule has 8 heteroatoms. The van der Waals surface area contributed by atoms with Crippen LogP contribution in [-0.2, 0) is 16.1 Å². The van der Waals surface area contributed by atoms with E-state index in [-0.39, 0.29) is 12.5 Å². The minimum atomic E-state index is -0.429. The Bertz CT molecular complexity index is 775. The van der Waals surface area contributed by atoms with Gasteiger partial charge in [0.2, 0.25) is 5.91 Å². The molecule has 0 atom stereocenters. The second-order valence-corrected chi connectivity index (χ2v) is 6.09. The van der Waals surface area contributed by atoms with Gasteiger partial charge in [0.1, 0.15) is 11.6 Å². The van der Waals surface area contributed by atoms with Gasteiger partial charge in [-0.05, 0) is 35.9 Å². The Balaban J connectivity index is 1.42. The van der Waals surface area contributed by atoms with Crippen LogP contribution >= 0.6 is 0 Å². The minimum absolute atomic E-state index is 0.157. The van der Waals surface area contributed by atoms with Crippen LogP contribution < -0.4 is 15.5 Å². The summed E-state index contributed by atoms with van der Waals surface area (Å²) in [5.74, 6) is -0.276. The van der Waals surface area contributed by atoms with E-state index in [1.165, 1.54) is 24.3 Å². The lowest BCUT2D eigenvalue weighted by Gasteiger charge is -2.27. The highest BCUT2D eigenvalue weighted by Crippen LogP contribution is 2.12. The standard InChI is InChI=1S/C19H21FN4O3/c20-16-4-2-15(3-5-16)19(26)23-13-18(25)22-12-14-1-6-17(21-11-14)24-7-9-27-10-8-24/h1-6,11H,7-10,12-13H2,(H,22,25)(H,23,26). The molecule has 1 aliphatic rings. The number of halogens is 1. The predicted octanol–water partition coefficient (Wildman–Crippen LogP) is 1.10. The van der Waals surface area contributed by atoms with E-state index in [9.17, 15) is 14.0 Å². The molecule has 1 aromatic carbocycles. The summed E-state index contributed by atoms with van der Waals surface area (Å²) in [6.45, 7) is 3.19. The second-order valence-electron chi connectivity index (χ2n) is 6.09.